The van der Waals surface area contributed by atoms with Crippen LogP contribution in [0.5, 0.6) is 0 Å². The number of benzene rings is 3. The van der Waals surface area contributed by atoms with Gasteiger partial charge in [-0.2, -0.15) is 10.5 Å². The molecule has 16 heteroatoms. The summed E-state index contributed by atoms with van der Waals surface area (Å²) in [5, 5.41) is 19.3. The van der Waals surface area contributed by atoms with Crippen molar-refractivity contribution >= 4 is 71.1 Å². The second-order valence-electron chi connectivity index (χ2n) is 13.2. The summed E-state index contributed by atoms with van der Waals surface area (Å²) in [5.74, 6) is -4.67. The molecule has 3 rings (SSSR count). The fraction of sp³-hybridized carbons (Fsp3) is 0.188. The average Bonchev–Trinajstić information content (AvgIpc) is 3.28. The van der Waals surface area contributed by atoms with Gasteiger partial charge in [-0.05, 0) is 92.1 Å². The van der Waals surface area contributed by atoms with E-state index in [1.807, 2.05) is 17.0 Å². The van der Waals surface area contributed by atoms with Gasteiger partial charge in [-0.25, -0.2) is 28.8 Å². The molecule has 0 aromatic heterocycles. The first-order valence-corrected chi connectivity index (χ1v) is 19.0. The minimum absolute atomic E-state index is 0.181. The van der Waals surface area contributed by atoms with Crippen LogP contribution in [0.3, 0.4) is 0 Å². The van der Waals surface area contributed by atoms with E-state index in [0.717, 1.165) is 0 Å². The zero-order valence-corrected chi connectivity index (χ0v) is 35.2. The van der Waals surface area contributed by atoms with Crippen LogP contribution in [-0.2, 0) is 57.2 Å². The number of carbonyl (C=O) groups excluding carboxylic acids is 6. The van der Waals surface area contributed by atoms with Gasteiger partial charge in [0, 0.05) is 33.8 Å². The highest BCUT2D eigenvalue weighted by Crippen LogP contribution is 2.35. The van der Waals surface area contributed by atoms with E-state index in [-0.39, 0.29) is 73.2 Å². The lowest BCUT2D eigenvalue weighted by Crippen LogP contribution is -2.15. The smallest absolute Gasteiger partial charge is 0.349 e. The minimum Gasteiger partial charge on any atom is -0.467 e. The van der Waals surface area contributed by atoms with Gasteiger partial charge in [0.2, 0.25) is 0 Å². The quantitative estimate of drug-likeness (QED) is 0.0258. The molecule has 0 aliphatic carbocycles. The molecular weight excluding hydrogens is 825 g/mol. The van der Waals surface area contributed by atoms with E-state index in [1.54, 1.807) is 72.8 Å². The van der Waals surface area contributed by atoms with Gasteiger partial charge in [-0.1, -0.05) is 56.1 Å². The summed E-state index contributed by atoms with van der Waals surface area (Å²) in [4.78, 5) is 77.6. The Bertz CT molecular complexity index is 2230. The SMILES string of the molecule is [C-]#[N+]/C(=C\c1ccc(N(c2ccc(/C=C(\C#N)C(=O)OCCOC(=O)C(=C)C)cc2)c2ccc(/C=C(\C#N)C(=O)OCCOC(=O)C(=C)C)cc2)cc1)C(=O)OCCOC(=O)C(=C)C. The maximum absolute atomic E-state index is 12.6. The molecule has 0 aliphatic rings. The van der Waals surface area contributed by atoms with Crippen LogP contribution in [0.2, 0.25) is 0 Å². The second kappa shape index (κ2) is 25.1. The second-order valence-corrected chi connectivity index (χ2v) is 13.2. The fourth-order valence-corrected chi connectivity index (χ4v) is 4.91. The van der Waals surface area contributed by atoms with Crippen molar-refractivity contribution in [3.8, 4) is 12.1 Å². The summed E-state index contributed by atoms with van der Waals surface area (Å²) in [7, 11) is 0. The number of anilines is 3. The first-order chi connectivity index (χ1) is 30.6. The molecule has 16 nitrogen and oxygen atoms in total. The lowest BCUT2D eigenvalue weighted by molar-refractivity contribution is -0.147. The van der Waals surface area contributed by atoms with Crippen LogP contribution < -0.4 is 4.90 Å². The molecule has 0 bridgehead atoms. The van der Waals surface area contributed by atoms with Gasteiger partial charge in [0.15, 0.2) is 0 Å². The standard InChI is InChI=1S/C48H42N4O12/c1-31(2)43(53)59-20-23-62-46(56)37(29-49)26-34-8-14-39(15-9-34)52(40-16-10-35(11-17-40)27-38(30-50)47(57)63-24-21-60-44(54)32(3)4)41-18-12-36(13-19-41)28-42(51-7)48(58)64-25-22-61-45(55)33(5)6/h8-19,26-28H,1,3,5,20-25H2,2,4,6H3/b37-26+,38-27+,42-28-. The van der Waals surface area contributed by atoms with Crippen LogP contribution in [0.1, 0.15) is 37.5 Å². The predicted molar refractivity (Wildman–Crippen MR) is 233 cm³/mol. The van der Waals surface area contributed by atoms with Gasteiger partial charge in [0.1, 0.15) is 62.9 Å². The molecule has 0 amide bonds. The van der Waals surface area contributed by atoms with E-state index >= 15 is 0 Å². The lowest BCUT2D eigenvalue weighted by atomic mass is 10.1. The third-order valence-electron chi connectivity index (χ3n) is 8.08. The van der Waals surface area contributed by atoms with Crippen LogP contribution in [0.15, 0.2) is 126 Å². The highest BCUT2D eigenvalue weighted by molar-refractivity contribution is 5.99. The van der Waals surface area contributed by atoms with Crippen LogP contribution in [0.25, 0.3) is 23.1 Å². The van der Waals surface area contributed by atoms with Crippen molar-refractivity contribution in [2.45, 2.75) is 20.8 Å². The summed E-state index contributed by atoms with van der Waals surface area (Å²) in [5.41, 5.74) is 2.88. The van der Waals surface area contributed by atoms with Crippen LogP contribution in [-0.4, -0.2) is 75.5 Å². The number of hydrogen-bond donors (Lipinski definition) is 0. The Morgan fingerprint density at radius 2 is 0.766 bits per heavy atom. The first kappa shape index (κ1) is 49.6. The molecule has 64 heavy (non-hydrogen) atoms. The van der Waals surface area contributed by atoms with Crippen LogP contribution >= 0.6 is 0 Å². The normalized spacial score (nSPS) is 11.0. The van der Waals surface area contributed by atoms with E-state index in [4.69, 9.17) is 35.0 Å². The fourth-order valence-electron chi connectivity index (χ4n) is 4.91. The predicted octanol–water partition coefficient (Wildman–Crippen LogP) is 7.22. The number of carbonyl (C=O) groups is 6. The summed E-state index contributed by atoms with van der Waals surface area (Å²) in [6, 6.07) is 24.0. The Kier molecular flexibility index (Phi) is 19.4. The topological polar surface area (TPSA) is 213 Å². The molecule has 0 spiro atoms. The lowest BCUT2D eigenvalue weighted by Gasteiger charge is -2.26. The Balaban J connectivity index is 1.92. The van der Waals surface area contributed by atoms with Gasteiger partial charge in [-0.15, -0.1) is 0 Å². The Labute approximate surface area is 369 Å². The Hall–Kier alpha value is -8.81. The number of ether oxygens (including phenoxy) is 6. The van der Waals surface area contributed by atoms with Crippen LogP contribution in [0.4, 0.5) is 17.1 Å². The molecule has 0 heterocycles. The molecule has 3 aromatic carbocycles. The maximum Gasteiger partial charge on any atom is 0.349 e. The van der Waals surface area contributed by atoms with Crippen molar-refractivity contribution in [1.29, 1.82) is 10.5 Å². The molecular formula is C48H42N4O12. The average molecular weight is 867 g/mol. The highest BCUT2D eigenvalue weighted by atomic mass is 16.6. The largest absolute Gasteiger partial charge is 0.467 e. The molecule has 0 saturated heterocycles. The van der Waals surface area contributed by atoms with Gasteiger partial charge < -0.3 is 33.3 Å². The van der Waals surface area contributed by atoms with E-state index in [0.29, 0.717) is 33.8 Å². The van der Waals surface area contributed by atoms with Gasteiger partial charge in [-0.3, -0.25) is 4.79 Å². The summed E-state index contributed by atoms with van der Waals surface area (Å²) >= 11 is 0. The molecule has 3 aromatic rings. The first-order valence-electron chi connectivity index (χ1n) is 19.0. The van der Waals surface area contributed by atoms with E-state index in [2.05, 4.69) is 24.6 Å². The van der Waals surface area contributed by atoms with Gasteiger partial charge in [0.25, 0.3) is 5.70 Å². The third-order valence-corrected chi connectivity index (χ3v) is 8.08. The maximum atomic E-state index is 12.6. The molecule has 0 unspecified atom stereocenters. The van der Waals surface area contributed by atoms with Crippen molar-refractivity contribution in [2.24, 2.45) is 0 Å². The molecule has 326 valence electrons. The van der Waals surface area contributed by atoms with E-state index in [9.17, 15) is 39.3 Å². The number of nitriles is 2. The zero-order valence-electron chi connectivity index (χ0n) is 35.2. The third kappa shape index (κ3) is 15.7. The van der Waals surface area contributed by atoms with Crippen molar-refractivity contribution in [3.63, 3.8) is 0 Å². The molecule has 0 saturated carbocycles. The molecule has 0 atom stereocenters. The molecule has 0 aliphatic heterocycles. The van der Waals surface area contributed by atoms with E-state index in [1.165, 1.54) is 39.0 Å². The Morgan fingerprint density at radius 1 is 0.500 bits per heavy atom. The van der Waals surface area contributed by atoms with Crippen molar-refractivity contribution in [1.82, 2.24) is 0 Å². The zero-order chi connectivity index (χ0) is 47.2. The minimum atomic E-state index is -0.918. The summed E-state index contributed by atoms with van der Waals surface area (Å²) in [6.45, 7) is 20.9. The Morgan fingerprint density at radius 3 is 1.03 bits per heavy atom. The molecule has 0 radical (unpaired) electrons. The number of rotatable bonds is 21. The van der Waals surface area contributed by atoms with Crippen molar-refractivity contribution in [2.75, 3.05) is 44.5 Å². The molecule has 0 N–H and O–H groups in total. The highest BCUT2D eigenvalue weighted by Gasteiger charge is 2.17. The number of esters is 6. The van der Waals surface area contributed by atoms with Crippen molar-refractivity contribution < 1.29 is 57.2 Å². The monoisotopic (exact) mass is 866 g/mol. The summed E-state index contributed by atoms with van der Waals surface area (Å²) < 4.78 is 30.0. The number of hydrogen-bond acceptors (Lipinski definition) is 15. The molecule has 0 fully saturated rings. The summed E-state index contributed by atoms with van der Waals surface area (Å²) in [6.07, 6.45) is 4.00. The van der Waals surface area contributed by atoms with Gasteiger partial charge in [0.05, 0.1) is 6.57 Å². The number of nitrogens with zero attached hydrogens (tertiary/aromatic N) is 4. The van der Waals surface area contributed by atoms with E-state index < -0.39 is 35.8 Å². The van der Waals surface area contributed by atoms with Crippen molar-refractivity contribution in [3.05, 3.63) is 154 Å². The van der Waals surface area contributed by atoms with Crippen LogP contribution in [0, 0.1) is 29.2 Å². The van der Waals surface area contributed by atoms with Gasteiger partial charge >= 0.3 is 35.8 Å².